The first-order valence-electron chi connectivity index (χ1n) is 5.90. The Balaban J connectivity index is 2.31. The van der Waals surface area contributed by atoms with Gasteiger partial charge in [-0.05, 0) is 31.5 Å². The molecule has 0 heterocycles. The van der Waals surface area contributed by atoms with E-state index in [0.717, 1.165) is 12.1 Å². The maximum Gasteiger partial charge on any atom is 0.159 e. The third kappa shape index (κ3) is 5.08. The Bertz CT molecular complexity index is 372. The van der Waals surface area contributed by atoms with Crippen LogP contribution >= 0.6 is 0 Å². The maximum absolute atomic E-state index is 13.0. The Morgan fingerprint density at radius 3 is 2.50 bits per heavy atom. The minimum atomic E-state index is -0.897. The molecule has 0 amide bonds. The van der Waals surface area contributed by atoms with Gasteiger partial charge in [-0.25, -0.2) is 8.78 Å². The Kier molecular flexibility index (Phi) is 6.18. The highest BCUT2D eigenvalue weighted by Crippen LogP contribution is 2.14. The summed E-state index contributed by atoms with van der Waals surface area (Å²) >= 11 is 0. The fraction of sp³-hybridized carbons (Fsp3) is 0.538. The number of nitrogens with two attached hydrogens (primary N) is 1. The van der Waals surface area contributed by atoms with Crippen LogP contribution in [0.3, 0.4) is 0 Å². The highest BCUT2D eigenvalue weighted by atomic mass is 19.2. The first kappa shape index (κ1) is 15.0. The van der Waals surface area contributed by atoms with Crippen LogP contribution in [0, 0.1) is 11.6 Å². The minimum Gasteiger partial charge on any atom is -0.377 e. The largest absolute Gasteiger partial charge is 0.377 e. The second kappa shape index (κ2) is 7.41. The quantitative estimate of drug-likeness (QED) is 0.765. The molecule has 0 bridgehead atoms. The lowest BCUT2D eigenvalue weighted by atomic mass is 10.1. The summed E-state index contributed by atoms with van der Waals surface area (Å²) in [4.78, 5) is 0. The molecule has 1 rings (SSSR count). The predicted octanol–water partition coefficient (Wildman–Crippen LogP) is 2.41. The monoisotopic (exact) mass is 259 g/mol. The van der Waals surface area contributed by atoms with Gasteiger partial charge in [-0.3, -0.25) is 0 Å². The number of hydrogen-bond donors (Lipinski definition) is 1. The van der Waals surface area contributed by atoms with Crippen LogP contribution in [0.5, 0.6) is 0 Å². The summed E-state index contributed by atoms with van der Waals surface area (Å²) < 4.78 is 36.3. The van der Waals surface area contributed by atoms with E-state index in [9.17, 15) is 8.78 Å². The lowest BCUT2D eigenvalue weighted by Crippen LogP contribution is -2.19. The van der Waals surface area contributed by atoms with Gasteiger partial charge in [0.1, 0.15) is 0 Å². The van der Waals surface area contributed by atoms with E-state index >= 15 is 0 Å². The standard InChI is InChI=1S/C13H19F2NO2/c1-9(2)18-6-5-17-8-13(16)10-3-4-11(14)12(15)7-10/h3-4,7,9,13H,5-6,8,16H2,1-2H3. The third-order valence-corrected chi connectivity index (χ3v) is 2.35. The average molecular weight is 259 g/mol. The van der Waals surface area contributed by atoms with Crippen molar-refractivity contribution in [3.05, 3.63) is 35.4 Å². The van der Waals surface area contributed by atoms with Crippen molar-refractivity contribution >= 4 is 0 Å². The molecule has 1 aromatic rings. The summed E-state index contributed by atoms with van der Waals surface area (Å²) in [5.74, 6) is -1.77. The van der Waals surface area contributed by atoms with Gasteiger partial charge in [0.2, 0.25) is 0 Å². The molecule has 0 aliphatic carbocycles. The average Bonchev–Trinajstić information content (AvgIpc) is 2.31. The molecule has 0 aliphatic heterocycles. The molecular formula is C13H19F2NO2. The molecule has 102 valence electrons. The van der Waals surface area contributed by atoms with Crippen LogP contribution in [0.15, 0.2) is 18.2 Å². The van der Waals surface area contributed by atoms with Gasteiger partial charge >= 0.3 is 0 Å². The van der Waals surface area contributed by atoms with E-state index < -0.39 is 17.7 Å². The van der Waals surface area contributed by atoms with Crippen molar-refractivity contribution < 1.29 is 18.3 Å². The van der Waals surface area contributed by atoms with Crippen LogP contribution in [0.4, 0.5) is 8.78 Å². The molecule has 2 N–H and O–H groups in total. The molecule has 1 aromatic carbocycles. The van der Waals surface area contributed by atoms with Gasteiger partial charge in [0.05, 0.1) is 32.0 Å². The van der Waals surface area contributed by atoms with Crippen molar-refractivity contribution in [2.45, 2.75) is 26.0 Å². The summed E-state index contributed by atoms with van der Waals surface area (Å²) in [6.45, 7) is 5.03. The second-order valence-electron chi connectivity index (χ2n) is 4.27. The van der Waals surface area contributed by atoms with Crippen LogP contribution in [0.1, 0.15) is 25.5 Å². The number of ether oxygens (including phenoxy) is 2. The molecule has 0 spiro atoms. The van der Waals surface area contributed by atoms with E-state index in [1.54, 1.807) is 0 Å². The minimum absolute atomic E-state index is 0.161. The fourth-order valence-electron chi connectivity index (χ4n) is 1.39. The van der Waals surface area contributed by atoms with Gasteiger partial charge in [-0.1, -0.05) is 6.07 Å². The van der Waals surface area contributed by atoms with Gasteiger partial charge in [0, 0.05) is 0 Å². The van der Waals surface area contributed by atoms with Gasteiger partial charge in [-0.15, -0.1) is 0 Å². The van der Waals surface area contributed by atoms with Crippen molar-refractivity contribution in [2.75, 3.05) is 19.8 Å². The summed E-state index contributed by atoms with van der Waals surface area (Å²) in [5.41, 5.74) is 6.31. The Hall–Kier alpha value is -1.04. The summed E-state index contributed by atoms with van der Waals surface area (Å²) in [7, 11) is 0. The second-order valence-corrected chi connectivity index (χ2v) is 4.27. The molecule has 0 aromatic heterocycles. The third-order valence-electron chi connectivity index (χ3n) is 2.35. The lowest BCUT2D eigenvalue weighted by Gasteiger charge is -2.13. The Morgan fingerprint density at radius 2 is 1.89 bits per heavy atom. The molecule has 0 radical (unpaired) electrons. The molecule has 0 aliphatic rings. The number of halogens is 2. The molecule has 5 heteroatoms. The number of benzene rings is 1. The molecule has 0 fully saturated rings. The lowest BCUT2D eigenvalue weighted by molar-refractivity contribution is 0.0161. The molecule has 0 saturated heterocycles. The van der Waals surface area contributed by atoms with Crippen LogP contribution in [-0.2, 0) is 9.47 Å². The van der Waals surface area contributed by atoms with Crippen LogP contribution < -0.4 is 5.73 Å². The smallest absolute Gasteiger partial charge is 0.159 e. The molecule has 1 unspecified atom stereocenters. The summed E-state index contributed by atoms with van der Waals surface area (Å²) in [6, 6.07) is 3.14. The zero-order chi connectivity index (χ0) is 13.5. The van der Waals surface area contributed by atoms with Crippen molar-refractivity contribution in [3.8, 4) is 0 Å². The van der Waals surface area contributed by atoms with Gasteiger partial charge in [0.25, 0.3) is 0 Å². The van der Waals surface area contributed by atoms with E-state index in [-0.39, 0.29) is 12.7 Å². The maximum atomic E-state index is 13.0. The van der Waals surface area contributed by atoms with Crippen molar-refractivity contribution in [1.82, 2.24) is 0 Å². The number of rotatable bonds is 7. The molecular weight excluding hydrogens is 240 g/mol. The SMILES string of the molecule is CC(C)OCCOCC(N)c1ccc(F)c(F)c1. The molecule has 3 nitrogen and oxygen atoms in total. The Morgan fingerprint density at radius 1 is 1.17 bits per heavy atom. The first-order chi connectivity index (χ1) is 8.50. The summed E-state index contributed by atoms with van der Waals surface area (Å²) in [6.07, 6.45) is 0.161. The van der Waals surface area contributed by atoms with Gasteiger partial charge < -0.3 is 15.2 Å². The van der Waals surface area contributed by atoms with Gasteiger partial charge in [-0.2, -0.15) is 0 Å². The number of hydrogen-bond acceptors (Lipinski definition) is 3. The van der Waals surface area contributed by atoms with E-state index in [1.165, 1.54) is 6.07 Å². The highest BCUT2D eigenvalue weighted by Gasteiger charge is 2.09. The topological polar surface area (TPSA) is 44.5 Å². The highest BCUT2D eigenvalue weighted by molar-refractivity contribution is 5.20. The molecule has 1 atom stereocenters. The van der Waals surface area contributed by atoms with Crippen LogP contribution in [0.25, 0.3) is 0 Å². The van der Waals surface area contributed by atoms with E-state index in [2.05, 4.69) is 0 Å². The zero-order valence-corrected chi connectivity index (χ0v) is 10.7. The van der Waals surface area contributed by atoms with Gasteiger partial charge in [0.15, 0.2) is 11.6 Å². The zero-order valence-electron chi connectivity index (χ0n) is 10.7. The van der Waals surface area contributed by atoms with Crippen molar-refractivity contribution in [3.63, 3.8) is 0 Å². The van der Waals surface area contributed by atoms with Crippen molar-refractivity contribution in [1.29, 1.82) is 0 Å². The van der Waals surface area contributed by atoms with Crippen LogP contribution in [0.2, 0.25) is 0 Å². The van der Waals surface area contributed by atoms with Crippen LogP contribution in [-0.4, -0.2) is 25.9 Å². The fourth-order valence-corrected chi connectivity index (χ4v) is 1.39. The molecule has 18 heavy (non-hydrogen) atoms. The van der Waals surface area contributed by atoms with E-state index in [0.29, 0.717) is 18.8 Å². The van der Waals surface area contributed by atoms with E-state index in [4.69, 9.17) is 15.2 Å². The Labute approximate surface area is 106 Å². The predicted molar refractivity (Wildman–Crippen MR) is 65.2 cm³/mol. The molecule has 0 saturated carbocycles. The van der Waals surface area contributed by atoms with E-state index in [1.807, 2.05) is 13.8 Å². The summed E-state index contributed by atoms with van der Waals surface area (Å²) in [5, 5.41) is 0. The van der Waals surface area contributed by atoms with Crippen molar-refractivity contribution in [2.24, 2.45) is 5.73 Å². The first-order valence-corrected chi connectivity index (χ1v) is 5.90. The normalized spacial score (nSPS) is 13.0.